The van der Waals surface area contributed by atoms with Gasteiger partial charge >= 0.3 is 0 Å². The standard InChI is InChI=1S/C28H28O2.C10H14O.C10H12S/c1-4-18(2)20-12-14-23(15-13-20)29-19(3)30-27-17-26-24-10-6-5-8-21(24)16-22-9-7-11-25(27)28(22)26;1-3-8(2)9-4-6-10(11)7-5-9;1-7-8(2)11-10-6-4-3-5-9(7)10/h5-16,18-19,27H,4,17H2,1-3H3;4-8,11H,3H2,1-2H3;3-8H,1-2H3. The summed E-state index contributed by atoms with van der Waals surface area (Å²) in [6, 6.07) is 42.1. The zero-order valence-electron chi connectivity index (χ0n) is 31.8. The molecule has 1 aliphatic heterocycles. The Labute approximate surface area is 315 Å². The molecule has 0 saturated heterocycles. The Morgan fingerprint density at radius 2 is 1.29 bits per heavy atom. The highest BCUT2D eigenvalue weighted by Gasteiger charge is 2.29. The molecule has 1 heterocycles. The van der Waals surface area contributed by atoms with E-state index in [1.807, 2.05) is 30.8 Å². The van der Waals surface area contributed by atoms with Gasteiger partial charge in [-0.3, -0.25) is 0 Å². The second-order valence-electron chi connectivity index (χ2n) is 14.5. The van der Waals surface area contributed by atoms with Gasteiger partial charge in [0, 0.05) is 16.6 Å². The van der Waals surface area contributed by atoms with Crippen molar-refractivity contribution in [3.63, 3.8) is 0 Å². The van der Waals surface area contributed by atoms with Gasteiger partial charge in [0.2, 0.25) is 0 Å². The van der Waals surface area contributed by atoms with Crippen molar-refractivity contribution in [2.24, 2.45) is 0 Å². The van der Waals surface area contributed by atoms with E-state index in [0.29, 0.717) is 17.6 Å². The summed E-state index contributed by atoms with van der Waals surface area (Å²) >= 11 is 2.00. The molecule has 4 heteroatoms. The van der Waals surface area contributed by atoms with Crippen LogP contribution in [0.3, 0.4) is 0 Å². The average molecular weight is 711 g/mol. The first-order valence-electron chi connectivity index (χ1n) is 19.1. The predicted octanol–water partition coefficient (Wildman–Crippen LogP) is 13.7. The van der Waals surface area contributed by atoms with Crippen molar-refractivity contribution >= 4 is 33.3 Å². The number of ether oxygens (including phenoxy) is 2. The summed E-state index contributed by atoms with van der Waals surface area (Å²) in [5.41, 5.74) is 6.85. The lowest BCUT2D eigenvalue weighted by molar-refractivity contribution is -0.107. The highest BCUT2D eigenvalue weighted by molar-refractivity contribution is 8.00. The first-order valence-corrected chi connectivity index (χ1v) is 19.9. The fourth-order valence-electron chi connectivity index (χ4n) is 7.27. The SMILES string of the molecule is CC1Sc2ccccc2C1C.CCC(C)c1ccc(O)cc1.CCC(C)c1ccc(OC(C)OC2Cc3c4ccccc4cc4cccc2c34)cc1. The summed E-state index contributed by atoms with van der Waals surface area (Å²) in [6.07, 6.45) is 2.87. The Kier molecular flexibility index (Phi) is 12.3. The van der Waals surface area contributed by atoms with Crippen LogP contribution in [-0.4, -0.2) is 16.6 Å². The van der Waals surface area contributed by atoms with Gasteiger partial charge < -0.3 is 14.6 Å². The molecule has 6 aromatic carbocycles. The molecule has 0 aromatic heterocycles. The van der Waals surface area contributed by atoms with E-state index >= 15 is 0 Å². The molecule has 270 valence electrons. The van der Waals surface area contributed by atoms with Crippen LogP contribution in [0.25, 0.3) is 21.5 Å². The molecule has 6 atom stereocenters. The van der Waals surface area contributed by atoms with E-state index < -0.39 is 0 Å². The summed E-state index contributed by atoms with van der Waals surface area (Å²) in [4.78, 5) is 1.48. The summed E-state index contributed by atoms with van der Waals surface area (Å²) < 4.78 is 12.5. The van der Waals surface area contributed by atoms with Crippen LogP contribution in [0.4, 0.5) is 0 Å². The quantitative estimate of drug-likeness (QED) is 0.126. The minimum absolute atomic E-state index is 0.0175. The van der Waals surface area contributed by atoms with Gasteiger partial charge in [0.05, 0.1) is 6.10 Å². The van der Waals surface area contributed by atoms with Crippen molar-refractivity contribution in [1.29, 1.82) is 0 Å². The number of hydrogen-bond donors (Lipinski definition) is 1. The van der Waals surface area contributed by atoms with Crippen LogP contribution < -0.4 is 4.74 Å². The molecule has 2 aliphatic rings. The lowest BCUT2D eigenvalue weighted by atomic mass is 9.98. The normalized spacial score (nSPS) is 18.8. The molecule has 0 saturated carbocycles. The lowest BCUT2D eigenvalue weighted by Crippen LogP contribution is -2.19. The predicted molar refractivity (Wildman–Crippen MR) is 221 cm³/mol. The first-order chi connectivity index (χ1) is 25.2. The van der Waals surface area contributed by atoms with E-state index in [0.717, 1.165) is 36.2 Å². The smallest absolute Gasteiger partial charge is 0.197 e. The monoisotopic (exact) mass is 710 g/mol. The lowest BCUT2D eigenvalue weighted by Gasteiger charge is -2.21. The van der Waals surface area contributed by atoms with Crippen LogP contribution in [0.2, 0.25) is 0 Å². The highest BCUT2D eigenvalue weighted by atomic mass is 32.2. The van der Waals surface area contributed by atoms with Crippen molar-refractivity contribution in [2.45, 2.75) is 108 Å². The van der Waals surface area contributed by atoms with Gasteiger partial charge in [0.15, 0.2) is 6.29 Å². The van der Waals surface area contributed by atoms with E-state index in [-0.39, 0.29) is 12.4 Å². The van der Waals surface area contributed by atoms with Crippen molar-refractivity contribution in [3.05, 3.63) is 149 Å². The van der Waals surface area contributed by atoms with E-state index in [2.05, 4.69) is 139 Å². The molecule has 0 fully saturated rings. The maximum atomic E-state index is 9.01. The van der Waals surface area contributed by atoms with E-state index in [1.165, 1.54) is 54.3 Å². The van der Waals surface area contributed by atoms with Gasteiger partial charge in [-0.1, -0.05) is 126 Å². The van der Waals surface area contributed by atoms with Gasteiger partial charge in [-0.15, -0.1) is 11.8 Å². The Balaban J connectivity index is 0.000000172. The molecule has 0 radical (unpaired) electrons. The summed E-state index contributed by atoms with van der Waals surface area (Å²) in [6.45, 7) is 15.4. The summed E-state index contributed by atoms with van der Waals surface area (Å²) in [5, 5.41) is 15.0. The van der Waals surface area contributed by atoms with Crippen LogP contribution in [0.15, 0.2) is 126 Å². The van der Waals surface area contributed by atoms with Gasteiger partial charge in [-0.25, -0.2) is 0 Å². The number of phenols is 1. The van der Waals surface area contributed by atoms with Crippen molar-refractivity contribution in [3.8, 4) is 11.5 Å². The topological polar surface area (TPSA) is 38.7 Å². The van der Waals surface area contributed by atoms with E-state index in [9.17, 15) is 0 Å². The van der Waals surface area contributed by atoms with Crippen LogP contribution in [0.5, 0.6) is 11.5 Å². The van der Waals surface area contributed by atoms with Gasteiger partial charge in [0.1, 0.15) is 11.5 Å². The number of aromatic hydroxyl groups is 1. The number of benzene rings is 6. The molecular formula is C48H54O3S. The molecule has 1 aliphatic carbocycles. The number of hydrogen-bond acceptors (Lipinski definition) is 4. The maximum absolute atomic E-state index is 9.01. The fraction of sp³-hybridized carbons (Fsp3) is 0.333. The van der Waals surface area contributed by atoms with Gasteiger partial charge in [-0.2, -0.15) is 0 Å². The summed E-state index contributed by atoms with van der Waals surface area (Å²) in [5.74, 6) is 3.10. The molecule has 6 aromatic rings. The van der Waals surface area contributed by atoms with Crippen LogP contribution in [0.1, 0.15) is 113 Å². The van der Waals surface area contributed by atoms with Crippen molar-refractivity contribution in [2.75, 3.05) is 0 Å². The maximum Gasteiger partial charge on any atom is 0.197 e. The zero-order chi connectivity index (χ0) is 36.8. The van der Waals surface area contributed by atoms with Gasteiger partial charge in [0.25, 0.3) is 0 Å². The number of thioether (sulfide) groups is 1. The molecule has 0 spiro atoms. The van der Waals surface area contributed by atoms with Crippen LogP contribution >= 0.6 is 11.8 Å². The second kappa shape index (κ2) is 17.1. The molecule has 6 unspecified atom stereocenters. The molecule has 52 heavy (non-hydrogen) atoms. The molecular weight excluding hydrogens is 657 g/mol. The minimum Gasteiger partial charge on any atom is -0.508 e. The third-order valence-corrected chi connectivity index (χ3v) is 12.4. The Hall–Kier alpha value is -4.25. The number of fused-ring (bicyclic) bond motifs is 3. The minimum atomic E-state index is -0.319. The molecule has 8 rings (SSSR count). The van der Waals surface area contributed by atoms with Crippen molar-refractivity contribution < 1.29 is 14.6 Å². The summed E-state index contributed by atoms with van der Waals surface area (Å²) in [7, 11) is 0. The Morgan fingerprint density at radius 3 is 1.96 bits per heavy atom. The third-order valence-electron chi connectivity index (χ3n) is 11.0. The first kappa shape index (κ1) is 37.5. The van der Waals surface area contributed by atoms with E-state index in [1.54, 1.807) is 12.1 Å². The van der Waals surface area contributed by atoms with Gasteiger partial charge in [-0.05, 0) is 123 Å². The van der Waals surface area contributed by atoms with Crippen molar-refractivity contribution in [1.82, 2.24) is 0 Å². The fourth-order valence-corrected chi connectivity index (χ4v) is 8.57. The third kappa shape index (κ3) is 8.51. The molecule has 0 amide bonds. The largest absolute Gasteiger partial charge is 0.508 e. The zero-order valence-corrected chi connectivity index (χ0v) is 32.6. The molecule has 3 nitrogen and oxygen atoms in total. The van der Waals surface area contributed by atoms with E-state index in [4.69, 9.17) is 14.6 Å². The Morgan fingerprint density at radius 1 is 0.692 bits per heavy atom. The average Bonchev–Trinajstić information content (AvgIpc) is 3.68. The Bertz CT molecular complexity index is 2070. The highest BCUT2D eigenvalue weighted by Crippen LogP contribution is 2.45. The molecule has 1 N–H and O–H groups in total. The second-order valence-corrected chi connectivity index (χ2v) is 15.9. The number of rotatable bonds is 8. The molecule has 0 bridgehead atoms. The van der Waals surface area contributed by atoms with Crippen LogP contribution in [0, 0.1) is 0 Å². The number of phenolic OH excluding ortho intramolecular Hbond substituents is 1. The van der Waals surface area contributed by atoms with Crippen LogP contribution in [-0.2, 0) is 11.2 Å².